The van der Waals surface area contributed by atoms with Crippen molar-refractivity contribution in [2.24, 2.45) is 0 Å². The Hall–Kier alpha value is -1.14. The number of hydrogen-bond acceptors (Lipinski definition) is 5. The van der Waals surface area contributed by atoms with Crippen molar-refractivity contribution in [3.63, 3.8) is 0 Å². The van der Waals surface area contributed by atoms with Crippen LogP contribution in [0.5, 0.6) is 0 Å². The lowest BCUT2D eigenvalue weighted by Crippen LogP contribution is -2.61. The zero-order chi connectivity index (χ0) is 19.3. The monoisotopic (exact) mass is 386 g/mol. The molecule has 28 heavy (non-hydrogen) atoms. The summed E-state index contributed by atoms with van der Waals surface area (Å²) in [5.74, 6) is 0. The maximum absolute atomic E-state index is 9.67. The van der Waals surface area contributed by atoms with E-state index >= 15 is 0 Å². The Bertz CT molecular complexity index is 582. The van der Waals surface area contributed by atoms with E-state index in [1.54, 1.807) is 0 Å². The highest BCUT2D eigenvalue weighted by Gasteiger charge is 2.36. The smallest absolute Gasteiger partial charge is 0.0446 e. The molecule has 0 amide bonds. The zero-order valence-corrected chi connectivity index (χ0v) is 17.5. The van der Waals surface area contributed by atoms with Crippen LogP contribution in [0.2, 0.25) is 0 Å². The number of likely N-dealkylation sites (tertiary alicyclic amines) is 1. The van der Waals surface area contributed by atoms with Crippen LogP contribution < -0.4 is 4.90 Å². The molecule has 156 valence electrons. The number of rotatable bonds is 5. The highest BCUT2D eigenvalue weighted by atomic mass is 16.3. The van der Waals surface area contributed by atoms with Gasteiger partial charge in [0.15, 0.2) is 0 Å². The molecular weight excluding hydrogens is 348 g/mol. The normalized spacial score (nSPS) is 27.4. The largest absolute Gasteiger partial charge is 0.396 e. The number of hydrogen-bond donors (Lipinski definition) is 1. The van der Waals surface area contributed by atoms with Crippen LogP contribution in [0.1, 0.15) is 32.1 Å². The highest BCUT2D eigenvalue weighted by molar-refractivity contribution is 5.46. The Morgan fingerprint density at radius 3 is 2.21 bits per heavy atom. The van der Waals surface area contributed by atoms with Crippen molar-refractivity contribution in [3.8, 4) is 0 Å². The molecule has 3 heterocycles. The van der Waals surface area contributed by atoms with Gasteiger partial charge in [-0.25, -0.2) is 0 Å². The third-order valence-corrected chi connectivity index (χ3v) is 7.28. The molecule has 1 aromatic carbocycles. The van der Waals surface area contributed by atoms with Crippen molar-refractivity contribution in [2.75, 3.05) is 64.4 Å². The number of para-hydroxylation sites is 1. The van der Waals surface area contributed by atoms with E-state index < -0.39 is 0 Å². The molecule has 5 heteroatoms. The van der Waals surface area contributed by atoms with Gasteiger partial charge in [-0.15, -0.1) is 0 Å². The summed E-state index contributed by atoms with van der Waals surface area (Å²) >= 11 is 0. The topological polar surface area (TPSA) is 33.2 Å². The lowest BCUT2D eigenvalue weighted by Gasteiger charge is -2.50. The second-order valence-corrected chi connectivity index (χ2v) is 8.99. The first-order chi connectivity index (χ1) is 13.7. The fourth-order valence-corrected chi connectivity index (χ4v) is 5.57. The van der Waals surface area contributed by atoms with Gasteiger partial charge in [0.2, 0.25) is 0 Å². The number of piperazine rings is 1. The molecule has 0 aliphatic carbocycles. The summed E-state index contributed by atoms with van der Waals surface area (Å²) in [7, 11) is 2.24. The lowest BCUT2D eigenvalue weighted by atomic mass is 9.95. The molecule has 3 saturated heterocycles. The Morgan fingerprint density at radius 1 is 0.857 bits per heavy atom. The van der Waals surface area contributed by atoms with Gasteiger partial charge in [0.25, 0.3) is 0 Å². The predicted octanol–water partition coefficient (Wildman–Crippen LogP) is 2.12. The first-order valence-corrected chi connectivity index (χ1v) is 11.3. The molecule has 0 aromatic heterocycles. The van der Waals surface area contributed by atoms with Crippen LogP contribution in [0.25, 0.3) is 0 Å². The molecule has 0 spiro atoms. The van der Waals surface area contributed by atoms with E-state index in [-0.39, 0.29) is 0 Å². The van der Waals surface area contributed by atoms with E-state index in [1.165, 1.54) is 57.5 Å². The second-order valence-electron chi connectivity index (χ2n) is 8.99. The molecule has 3 fully saturated rings. The molecule has 0 radical (unpaired) electrons. The zero-order valence-electron chi connectivity index (χ0n) is 17.5. The van der Waals surface area contributed by atoms with Gasteiger partial charge in [-0.2, -0.15) is 0 Å². The van der Waals surface area contributed by atoms with Crippen LogP contribution in [0.3, 0.4) is 0 Å². The average Bonchev–Trinajstić information content (AvgIpc) is 2.75. The molecule has 0 saturated carbocycles. The van der Waals surface area contributed by atoms with Crippen LogP contribution in [0.15, 0.2) is 30.3 Å². The molecule has 3 aliphatic heterocycles. The van der Waals surface area contributed by atoms with Gasteiger partial charge in [0, 0.05) is 63.1 Å². The molecular formula is C23H38N4O. The van der Waals surface area contributed by atoms with E-state index in [1.807, 2.05) is 0 Å². The minimum Gasteiger partial charge on any atom is -0.396 e. The fourth-order valence-electron chi connectivity index (χ4n) is 5.57. The summed E-state index contributed by atoms with van der Waals surface area (Å²) < 4.78 is 0. The Balaban J connectivity index is 1.32. The van der Waals surface area contributed by atoms with E-state index in [0.717, 1.165) is 32.1 Å². The maximum Gasteiger partial charge on any atom is 0.0446 e. The summed E-state index contributed by atoms with van der Waals surface area (Å²) in [4.78, 5) is 10.5. The minimum absolute atomic E-state index is 0.314. The van der Waals surface area contributed by atoms with Gasteiger partial charge in [0.05, 0.1) is 0 Å². The van der Waals surface area contributed by atoms with E-state index in [0.29, 0.717) is 18.7 Å². The summed E-state index contributed by atoms with van der Waals surface area (Å²) in [5, 5.41) is 9.67. The summed E-state index contributed by atoms with van der Waals surface area (Å²) in [6.07, 6.45) is 6.01. The lowest BCUT2D eigenvalue weighted by molar-refractivity contribution is -0.00936. The van der Waals surface area contributed by atoms with Gasteiger partial charge in [-0.1, -0.05) is 18.2 Å². The predicted molar refractivity (Wildman–Crippen MR) is 116 cm³/mol. The van der Waals surface area contributed by atoms with Gasteiger partial charge < -0.3 is 14.9 Å². The van der Waals surface area contributed by atoms with Crippen LogP contribution in [0, 0.1) is 0 Å². The maximum atomic E-state index is 9.67. The van der Waals surface area contributed by atoms with Crippen molar-refractivity contribution in [1.29, 1.82) is 0 Å². The van der Waals surface area contributed by atoms with Crippen LogP contribution >= 0.6 is 0 Å². The summed E-state index contributed by atoms with van der Waals surface area (Å²) in [5.41, 5.74) is 1.37. The molecule has 0 bridgehead atoms. The Labute approximate surface area is 170 Å². The standard InChI is InChI=1S/C23H38N4O/c1-24-12-7-22(8-13-24)27-17-16-26(19-23(27)11-18-28)21-9-14-25(15-10-21)20-5-3-2-4-6-20/h2-6,21-23,28H,7-19H2,1H3/t23-/m0/s1. The SMILES string of the molecule is CN1CCC(N2CCN(C3CCN(c4ccccc4)CC3)C[C@@H]2CCO)CC1. The number of benzene rings is 1. The fraction of sp³-hybridized carbons (Fsp3) is 0.739. The molecule has 0 unspecified atom stereocenters. The van der Waals surface area contributed by atoms with Crippen molar-refractivity contribution in [2.45, 2.75) is 50.2 Å². The van der Waals surface area contributed by atoms with Crippen molar-refractivity contribution < 1.29 is 5.11 Å². The molecule has 4 rings (SSSR count). The van der Waals surface area contributed by atoms with Crippen molar-refractivity contribution in [3.05, 3.63) is 30.3 Å². The Morgan fingerprint density at radius 2 is 1.54 bits per heavy atom. The van der Waals surface area contributed by atoms with Crippen molar-refractivity contribution in [1.82, 2.24) is 14.7 Å². The van der Waals surface area contributed by atoms with Crippen molar-refractivity contribution >= 4 is 5.69 Å². The molecule has 5 nitrogen and oxygen atoms in total. The van der Waals surface area contributed by atoms with Crippen LogP contribution in [-0.4, -0.2) is 97.4 Å². The first kappa shape index (κ1) is 20.1. The van der Waals surface area contributed by atoms with Gasteiger partial charge in [0.1, 0.15) is 0 Å². The van der Waals surface area contributed by atoms with Gasteiger partial charge in [-0.05, 0) is 64.4 Å². The summed E-state index contributed by atoms with van der Waals surface area (Å²) in [6, 6.07) is 12.8. The van der Waals surface area contributed by atoms with Gasteiger partial charge in [-0.3, -0.25) is 9.80 Å². The third kappa shape index (κ3) is 4.70. The number of piperidine rings is 2. The molecule has 1 aromatic rings. The third-order valence-electron chi connectivity index (χ3n) is 7.28. The van der Waals surface area contributed by atoms with E-state index in [9.17, 15) is 5.11 Å². The number of aliphatic hydroxyl groups is 1. The van der Waals surface area contributed by atoms with Crippen LogP contribution in [-0.2, 0) is 0 Å². The first-order valence-electron chi connectivity index (χ1n) is 11.3. The number of nitrogens with zero attached hydrogens (tertiary/aromatic N) is 4. The molecule has 1 atom stereocenters. The van der Waals surface area contributed by atoms with Gasteiger partial charge >= 0.3 is 0 Å². The highest BCUT2D eigenvalue weighted by Crippen LogP contribution is 2.27. The second kappa shape index (κ2) is 9.57. The van der Waals surface area contributed by atoms with Crippen LogP contribution in [0.4, 0.5) is 5.69 Å². The average molecular weight is 387 g/mol. The molecule has 3 aliphatic rings. The summed E-state index contributed by atoms with van der Waals surface area (Å²) in [6.45, 7) is 8.59. The molecule has 1 N–H and O–H groups in total. The minimum atomic E-state index is 0.314. The van der Waals surface area contributed by atoms with E-state index in [4.69, 9.17) is 0 Å². The Kier molecular flexibility index (Phi) is 6.89. The number of anilines is 1. The van der Waals surface area contributed by atoms with E-state index in [2.05, 4.69) is 57.0 Å². The quantitative estimate of drug-likeness (QED) is 0.838. The number of aliphatic hydroxyl groups excluding tert-OH is 1.